The van der Waals surface area contributed by atoms with Gasteiger partial charge in [-0.25, -0.2) is 4.98 Å². The summed E-state index contributed by atoms with van der Waals surface area (Å²) >= 11 is 1.43. The van der Waals surface area contributed by atoms with Crippen molar-refractivity contribution in [3.05, 3.63) is 77.1 Å². The summed E-state index contributed by atoms with van der Waals surface area (Å²) in [5.74, 6) is 0.665. The topological polar surface area (TPSA) is 57.8 Å². The first-order chi connectivity index (χ1) is 13.0. The number of hydrogen-bond acceptors (Lipinski definition) is 3. The highest BCUT2D eigenvalue weighted by Crippen LogP contribution is 2.24. The summed E-state index contributed by atoms with van der Waals surface area (Å²) in [5.41, 5.74) is 5.33. The third kappa shape index (κ3) is 5.23. The Labute approximate surface area is 164 Å². The van der Waals surface area contributed by atoms with Crippen LogP contribution in [0.3, 0.4) is 0 Å². The number of nitrogens with one attached hydrogen (secondary N) is 2. The molecule has 0 radical (unpaired) electrons. The number of aryl methyl sites for hydroxylation is 1. The molecule has 0 saturated heterocycles. The van der Waals surface area contributed by atoms with E-state index in [1.165, 1.54) is 17.3 Å². The van der Waals surface area contributed by atoms with Gasteiger partial charge in [-0.05, 0) is 30.0 Å². The van der Waals surface area contributed by atoms with Gasteiger partial charge in [-0.1, -0.05) is 74.1 Å². The van der Waals surface area contributed by atoms with E-state index < -0.39 is 0 Å². The Kier molecular flexibility index (Phi) is 6.35. The van der Waals surface area contributed by atoms with Crippen molar-refractivity contribution in [1.82, 2.24) is 9.97 Å². The van der Waals surface area contributed by atoms with E-state index in [4.69, 9.17) is 0 Å². The molecule has 0 bridgehead atoms. The van der Waals surface area contributed by atoms with Crippen LogP contribution in [0.25, 0.3) is 0 Å². The maximum Gasteiger partial charge on any atom is 0.234 e. The van der Waals surface area contributed by atoms with Gasteiger partial charge in [0, 0.05) is 17.8 Å². The minimum absolute atomic E-state index is 0.0215. The van der Waals surface area contributed by atoms with Gasteiger partial charge in [0.05, 0.1) is 11.4 Å². The number of benzene rings is 2. The normalized spacial score (nSPS) is 11.0. The Bertz CT molecular complexity index is 903. The highest BCUT2D eigenvalue weighted by atomic mass is 32.2. The zero-order valence-electron chi connectivity index (χ0n) is 16.0. The van der Waals surface area contributed by atoms with Crippen molar-refractivity contribution in [3.63, 3.8) is 0 Å². The molecule has 0 unspecified atom stereocenters. The molecular formula is C22H25N3OS. The second-order valence-corrected chi connectivity index (χ2v) is 7.82. The van der Waals surface area contributed by atoms with Gasteiger partial charge in [0.25, 0.3) is 0 Å². The Morgan fingerprint density at radius 2 is 1.81 bits per heavy atom. The maximum absolute atomic E-state index is 12.4. The van der Waals surface area contributed by atoms with Gasteiger partial charge in [-0.15, -0.1) is 0 Å². The van der Waals surface area contributed by atoms with E-state index in [-0.39, 0.29) is 5.91 Å². The van der Waals surface area contributed by atoms with Crippen molar-refractivity contribution >= 4 is 23.4 Å². The first-order valence-electron chi connectivity index (χ1n) is 9.14. The lowest BCUT2D eigenvalue weighted by Gasteiger charge is -2.13. The molecule has 0 atom stereocenters. The summed E-state index contributed by atoms with van der Waals surface area (Å²) in [6, 6.07) is 18.2. The molecule has 0 aliphatic carbocycles. The fraction of sp³-hybridized carbons (Fsp3) is 0.273. The van der Waals surface area contributed by atoms with Crippen molar-refractivity contribution in [1.29, 1.82) is 0 Å². The minimum Gasteiger partial charge on any atom is -0.337 e. The Balaban J connectivity index is 1.59. The molecular weight excluding hydrogens is 354 g/mol. The first kappa shape index (κ1) is 19.2. The number of nitrogens with zero attached hydrogens (tertiary/aromatic N) is 1. The van der Waals surface area contributed by atoms with Crippen LogP contribution in [0, 0.1) is 6.92 Å². The number of carbonyl (C=O) groups is 1. The molecule has 1 aromatic heterocycles. The molecule has 140 valence electrons. The van der Waals surface area contributed by atoms with Crippen LogP contribution in [0.5, 0.6) is 0 Å². The van der Waals surface area contributed by atoms with Crippen LogP contribution in [0.15, 0.2) is 59.8 Å². The van der Waals surface area contributed by atoms with E-state index in [2.05, 4.69) is 47.3 Å². The molecule has 27 heavy (non-hydrogen) atoms. The fourth-order valence-electron chi connectivity index (χ4n) is 2.93. The Hall–Kier alpha value is -2.53. The van der Waals surface area contributed by atoms with Crippen molar-refractivity contribution in [2.45, 2.75) is 38.3 Å². The van der Waals surface area contributed by atoms with E-state index in [9.17, 15) is 4.79 Å². The highest BCUT2D eigenvalue weighted by molar-refractivity contribution is 7.99. The lowest BCUT2D eigenvalue weighted by molar-refractivity contribution is -0.113. The second-order valence-electron chi connectivity index (χ2n) is 6.85. The van der Waals surface area contributed by atoms with Gasteiger partial charge in [0.2, 0.25) is 5.91 Å². The molecule has 0 fully saturated rings. The number of carbonyl (C=O) groups excluding carboxylic acids is 1. The van der Waals surface area contributed by atoms with Gasteiger partial charge in [0.15, 0.2) is 5.16 Å². The lowest BCUT2D eigenvalue weighted by atomic mass is 10.0. The average molecular weight is 380 g/mol. The standard InChI is InChI=1S/C22H25N3OS/c1-15(2)18-11-7-8-12-19(18)24-21(26)14-27-22-23-16(3)20(25-22)13-17-9-5-4-6-10-17/h4-12,15H,13-14H2,1-3H3,(H,23,25)(H,24,26). The van der Waals surface area contributed by atoms with Gasteiger partial charge < -0.3 is 10.3 Å². The number of aromatic amines is 1. The van der Waals surface area contributed by atoms with Crippen LogP contribution < -0.4 is 5.32 Å². The SMILES string of the molecule is Cc1[nH]c(SCC(=O)Nc2ccccc2C(C)C)nc1Cc1ccccc1. The average Bonchev–Trinajstić information content (AvgIpc) is 3.01. The molecule has 2 aromatic carbocycles. The molecule has 3 rings (SSSR count). The zero-order valence-corrected chi connectivity index (χ0v) is 16.8. The van der Waals surface area contributed by atoms with Crippen LogP contribution in [0.2, 0.25) is 0 Å². The second kappa shape index (κ2) is 8.91. The third-order valence-corrected chi connectivity index (χ3v) is 5.25. The summed E-state index contributed by atoms with van der Waals surface area (Å²) in [7, 11) is 0. The first-order valence-corrected chi connectivity index (χ1v) is 10.1. The number of imidazole rings is 1. The lowest BCUT2D eigenvalue weighted by Crippen LogP contribution is -2.15. The van der Waals surface area contributed by atoms with Crippen LogP contribution in [0.4, 0.5) is 5.69 Å². The highest BCUT2D eigenvalue weighted by Gasteiger charge is 2.12. The summed E-state index contributed by atoms with van der Waals surface area (Å²) in [6.07, 6.45) is 0.789. The number of rotatable bonds is 7. The molecule has 0 aliphatic rings. The third-order valence-electron chi connectivity index (χ3n) is 4.38. The minimum atomic E-state index is -0.0215. The molecule has 4 nitrogen and oxygen atoms in total. The molecule has 5 heteroatoms. The van der Waals surface area contributed by atoms with E-state index in [0.29, 0.717) is 11.7 Å². The molecule has 0 spiro atoms. The van der Waals surface area contributed by atoms with Gasteiger partial charge in [-0.3, -0.25) is 4.79 Å². The Morgan fingerprint density at radius 1 is 1.11 bits per heavy atom. The molecule has 0 aliphatic heterocycles. The molecule has 0 saturated carbocycles. The molecule has 3 aromatic rings. The summed E-state index contributed by atoms with van der Waals surface area (Å²) in [4.78, 5) is 20.3. The molecule has 2 N–H and O–H groups in total. The number of amides is 1. The Morgan fingerprint density at radius 3 is 2.56 bits per heavy atom. The van der Waals surface area contributed by atoms with Crippen molar-refractivity contribution in [2.75, 3.05) is 11.1 Å². The number of aromatic nitrogens is 2. The maximum atomic E-state index is 12.4. The van der Waals surface area contributed by atoms with Crippen LogP contribution in [-0.4, -0.2) is 21.6 Å². The van der Waals surface area contributed by atoms with E-state index in [0.717, 1.165) is 34.2 Å². The van der Waals surface area contributed by atoms with Crippen molar-refractivity contribution in [3.8, 4) is 0 Å². The predicted octanol–water partition coefficient (Wildman–Crippen LogP) is 5.16. The molecule has 1 amide bonds. The predicted molar refractivity (Wildman–Crippen MR) is 112 cm³/mol. The monoisotopic (exact) mass is 379 g/mol. The number of hydrogen-bond donors (Lipinski definition) is 2. The summed E-state index contributed by atoms with van der Waals surface area (Å²) < 4.78 is 0. The number of anilines is 1. The van der Waals surface area contributed by atoms with Gasteiger partial charge >= 0.3 is 0 Å². The summed E-state index contributed by atoms with van der Waals surface area (Å²) in [5, 5.41) is 3.81. The fourth-order valence-corrected chi connectivity index (χ4v) is 3.67. The summed E-state index contributed by atoms with van der Waals surface area (Å²) in [6.45, 7) is 6.27. The largest absolute Gasteiger partial charge is 0.337 e. The molecule has 1 heterocycles. The van der Waals surface area contributed by atoms with Crippen LogP contribution in [-0.2, 0) is 11.2 Å². The quantitative estimate of drug-likeness (QED) is 0.557. The smallest absolute Gasteiger partial charge is 0.234 e. The zero-order chi connectivity index (χ0) is 19.2. The van der Waals surface area contributed by atoms with Crippen molar-refractivity contribution in [2.24, 2.45) is 0 Å². The van der Waals surface area contributed by atoms with E-state index in [1.807, 2.05) is 43.3 Å². The number of H-pyrrole nitrogens is 1. The number of para-hydroxylation sites is 1. The van der Waals surface area contributed by atoms with Crippen LogP contribution in [0.1, 0.15) is 42.3 Å². The van der Waals surface area contributed by atoms with Gasteiger partial charge in [0.1, 0.15) is 0 Å². The number of thioether (sulfide) groups is 1. The van der Waals surface area contributed by atoms with Crippen molar-refractivity contribution < 1.29 is 4.79 Å². The van der Waals surface area contributed by atoms with Gasteiger partial charge in [-0.2, -0.15) is 0 Å². The van der Waals surface area contributed by atoms with E-state index >= 15 is 0 Å². The van der Waals surface area contributed by atoms with Crippen LogP contribution >= 0.6 is 11.8 Å². The van der Waals surface area contributed by atoms with E-state index in [1.54, 1.807) is 0 Å².